The van der Waals surface area contributed by atoms with Gasteiger partial charge in [-0.3, -0.25) is 14.2 Å². The number of primary amides is 1. The van der Waals surface area contributed by atoms with Gasteiger partial charge in [0.05, 0.1) is 16.6 Å². The van der Waals surface area contributed by atoms with Crippen molar-refractivity contribution in [2.75, 3.05) is 0 Å². The molecular formula is C24H23ClN4O3S. The van der Waals surface area contributed by atoms with E-state index in [4.69, 9.17) is 26.7 Å². The zero-order chi connectivity index (χ0) is 23.2. The van der Waals surface area contributed by atoms with Crippen LogP contribution in [0.5, 0.6) is 0 Å². The summed E-state index contributed by atoms with van der Waals surface area (Å²) in [4.78, 5) is 33.4. The van der Waals surface area contributed by atoms with Crippen molar-refractivity contribution in [3.63, 3.8) is 0 Å². The van der Waals surface area contributed by atoms with Gasteiger partial charge in [0.2, 0.25) is 11.8 Å². The second-order valence-electron chi connectivity index (χ2n) is 7.59. The zero-order valence-electron chi connectivity index (χ0n) is 17.9. The van der Waals surface area contributed by atoms with Crippen LogP contribution < -0.4 is 11.3 Å². The largest absolute Gasteiger partial charge is 0.444 e. The van der Waals surface area contributed by atoms with Crippen LogP contribution in [0.15, 0.2) is 69.2 Å². The Bertz CT molecular complexity index is 1330. The van der Waals surface area contributed by atoms with E-state index in [-0.39, 0.29) is 11.5 Å². The lowest BCUT2D eigenvalue weighted by Gasteiger charge is -2.12. The molecule has 0 bridgehead atoms. The molecule has 4 aromatic rings. The Balaban J connectivity index is 1.52. The molecule has 7 nitrogen and oxygen atoms in total. The highest BCUT2D eigenvalue weighted by Gasteiger charge is 2.14. The van der Waals surface area contributed by atoms with Gasteiger partial charge in [-0.2, -0.15) is 0 Å². The van der Waals surface area contributed by atoms with Gasteiger partial charge in [0, 0.05) is 29.3 Å². The minimum Gasteiger partial charge on any atom is -0.444 e. The molecule has 33 heavy (non-hydrogen) atoms. The molecule has 0 radical (unpaired) electrons. The van der Waals surface area contributed by atoms with Crippen LogP contribution in [-0.2, 0) is 17.1 Å². The number of nitrogens with zero attached hydrogens (tertiary/aromatic N) is 3. The standard InChI is InChI=1S/C24H23ClN4O3S/c25-17-8-6-7-16(13-17)22-27-18(14-32-22)15-33-24-28-20-10-4-3-9-19(20)23(31)29(24)12-5-1-2-11-21(26)30/h3-4,6-10,13-14H,1-2,5,11-12,15H2,(H2,26,30). The molecule has 4 rings (SSSR count). The molecule has 0 saturated carbocycles. The van der Waals surface area contributed by atoms with Crippen molar-refractivity contribution in [2.45, 2.75) is 43.1 Å². The molecule has 0 unspecified atom stereocenters. The molecule has 2 N–H and O–H groups in total. The summed E-state index contributed by atoms with van der Waals surface area (Å²) in [6.07, 6.45) is 4.23. The average Bonchev–Trinajstić information content (AvgIpc) is 3.28. The van der Waals surface area contributed by atoms with Crippen molar-refractivity contribution >= 4 is 40.2 Å². The summed E-state index contributed by atoms with van der Waals surface area (Å²) >= 11 is 7.50. The van der Waals surface area contributed by atoms with E-state index in [1.165, 1.54) is 11.8 Å². The number of halogens is 1. The van der Waals surface area contributed by atoms with Crippen LogP contribution >= 0.6 is 23.4 Å². The Morgan fingerprint density at radius 3 is 2.76 bits per heavy atom. The van der Waals surface area contributed by atoms with Gasteiger partial charge in [-0.15, -0.1) is 0 Å². The molecule has 0 aliphatic rings. The van der Waals surface area contributed by atoms with Gasteiger partial charge in [-0.05, 0) is 43.2 Å². The third-order valence-electron chi connectivity index (χ3n) is 5.10. The average molecular weight is 483 g/mol. The van der Waals surface area contributed by atoms with Crippen molar-refractivity contribution in [3.05, 3.63) is 75.9 Å². The summed E-state index contributed by atoms with van der Waals surface area (Å²) < 4.78 is 7.32. The van der Waals surface area contributed by atoms with Gasteiger partial charge in [0.25, 0.3) is 5.56 Å². The van der Waals surface area contributed by atoms with Crippen molar-refractivity contribution in [3.8, 4) is 11.5 Å². The molecule has 2 aromatic carbocycles. The van der Waals surface area contributed by atoms with Gasteiger partial charge < -0.3 is 10.2 Å². The number of para-hydroxylation sites is 1. The second kappa shape index (κ2) is 10.7. The maximum atomic E-state index is 13.1. The minimum absolute atomic E-state index is 0.0715. The number of hydrogen-bond acceptors (Lipinski definition) is 6. The fraction of sp³-hybridized carbons (Fsp3) is 0.250. The highest BCUT2D eigenvalue weighted by Crippen LogP contribution is 2.26. The van der Waals surface area contributed by atoms with E-state index < -0.39 is 0 Å². The number of carbonyl (C=O) groups is 1. The van der Waals surface area contributed by atoms with Crippen molar-refractivity contribution in [1.82, 2.24) is 14.5 Å². The number of oxazole rings is 1. The molecule has 2 heterocycles. The molecule has 9 heteroatoms. The Labute approximate surface area is 200 Å². The summed E-state index contributed by atoms with van der Waals surface area (Å²) in [6, 6.07) is 14.7. The number of thioether (sulfide) groups is 1. The fourth-order valence-corrected chi connectivity index (χ4v) is 4.56. The van der Waals surface area contributed by atoms with E-state index >= 15 is 0 Å². The first-order chi connectivity index (χ1) is 16.0. The molecule has 0 aliphatic carbocycles. The number of carbonyl (C=O) groups excluding carboxylic acids is 1. The first-order valence-electron chi connectivity index (χ1n) is 10.6. The van der Waals surface area contributed by atoms with Gasteiger partial charge in [-0.25, -0.2) is 9.97 Å². The third kappa shape index (κ3) is 5.83. The number of hydrogen-bond donors (Lipinski definition) is 1. The summed E-state index contributed by atoms with van der Waals surface area (Å²) in [5.74, 6) is 0.684. The lowest BCUT2D eigenvalue weighted by atomic mass is 10.2. The van der Waals surface area contributed by atoms with E-state index in [1.54, 1.807) is 29.0 Å². The van der Waals surface area contributed by atoms with Crippen LogP contribution in [0.3, 0.4) is 0 Å². The Hall–Kier alpha value is -3.10. The number of nitrogens with two attached hydrogens (primary N) is 1. The highest BCUT2D eigenvalue weighted by molar-refractivity contribution is 7.98. The number of unbranched alkanes of at least 4 members (excludes halogenated alkanes) is 2. The molecule has 1 amide bonds. The van der Waals surface area contributed by atoms with E-state index in [2.05, 4.69) is 4.98 Å². The lowest BCUT2D eigenvalue weighted by molar-refractivity contribution is -0.118. The summed E-state index contributed by atoms with van der Waals surface area (Å²) in [6.45, 7) is 0.518. The summed E-state index contributed by atoms with van der Waals surface area (Å²) in [5.41, 5.74) is 7.34. The monoisotopic (exact) mass is 482 g/mol. The van der Waals surface area contributed by atoms with E-state index in [0.717, 1.165) is 24.1 Å². The van der Waals surface area contributed by atoms with Crippen molar-refractivity contribution < 1.29 is 9.21 Å². The van der Waals surface area contributed by atoms with Crippen molar-refractivity contribution in [2.24, 2.45) is 5.73 Å². The second-order valence-corrected chi connectivity index (χ2v) is 8.97. The summed E-state index contributed by atoms with van der Waals surface area (Å²) in [5, 5.41) is 1.83. The highest BCUT2D eigenvalue weighted by atomic mass is 35.5. The van der Waals surface area contributed by atoms with Crippen LogP contribution in [0.2, 0.25) is 5.02 Å². The molecule has 0 atom stereocenters. The fourth-order valence-electron chi connectivity index (χ4n) is 3.47. The lowest BCUT2D eigenvalue weighted by Crippen LogP contribution is -2.23. The number of rotatable bonds is 10. The molecule has 0 spiro atoms. The van der Waals surface area contributed by atoms with Crippen LogP contribution in [0.1, 0.15) is 31.4 Å². The predicted octanol–water partition coefficient (Wildman–Crippen LogP) is 5.04. The van der Waals surface area contributed by atoms with Gasteiger partial charge in [0.15, 0.2) is 5.16 Å². The SMILES string of the molecule is NC(=O)CCCCCn1c(SCc2coc(-c3cccc(Cl)c3)n2)nc2ccccc2c1=O. The third-order valence-corrected chi connectivity index (χ3v) is 6.35. The van der Waals surface area contributed by atoms with Crippen LogP contribution in [0.25, 0.3) is 22.4 Å². The van der Waals surface area contributed by atoms with Crippen LogP contribution in [0.4, 0.5) is 0 Å². The van der Waals surface area contributed by atoms with Crippen LogP contribution in [0, 0.1) is 0 Å². The smallest absolute Gasteiger partial charge is 0.262 e. The number of benzene rings is 2. The van der Waals surface area contributed by atoms with Gasteiger partial charge >= 0.3 is 0 Å². The molecule has 0 saturated heterocycles. The maximum absolute atomic E-state index is 13.1. The predicted molar refractivity (Wildman–Crippen MR) is 130 cm³/mol. The first-order valence-corrected chi connectivity index (χ1v) is 12.0. The van der Waals surface area contributed by atoms with Crippen LogP contribution in [-0.4, -0.2) is 20.4 Å². The summed E-state index contributed by atoms with van der Waals surface area (Å²) in [7, 11) is 0. The van der Waals surface area contributed by atoms with E-state index in [9.17, 15) is 9.59 Å². The molecule has 0 fully saturated rings. The van der Waals surface area contributed by atoms with E-state index in [1.807, 2.05) is 30.3 Å². The number of fused-ring (bicyclic) bond motifs is 1. The molecule has 170 valence electrons. The normalized spacial score (nSPS) is 11.2. The van der Waals surface area contributed by atoms with Gasteiger partial charge in [0.1, 0.15) is 6.26 Å². The zero-order valence-corrected chi connectivity index (χ0v) is 19.4. The molecular weight excluding hydrogens is 460 g/mol. The van der Waals surface area contributed by atoms with E-state index in [0.29, 0.717) is 52.1 Å². The van der Waals surface area contributed by atoms with Crippen molar-refractivity contribution in [1.29, 1.82) is 0 Å². The Morgan fingerprint density at radius 2 is 1.94 bits per heavy atom. The molecule has 2 aromatic heterocycles. The van der Waals surface area contributed by atoms with Gasteiger partial charge in [-0.1, -0.05) is 48.0 Å². The maximum Gasteiger partial charge on any atom is 0.262 e. The number of amides is 1. The molecule has 0 aliphatic heterocycles. The first kappa shape index (κ1) is 23.1. The topological polar surface area (TPSA) is 104 Å². The Kier molecular flexibility index (Phi) is 7.47. The minimum atomic E-state index is -0.305. The number of aromatic nitrogens is 3. The quantitative estimate of drug-likeness (QED) is 0.193. The Morgan fingerprint density at radius 1 is 1.09 bits per heavy atom.